The molecular weight excluding hydrogens is 311 g/mol. The van der Waals surface area contributed by atoms with Crippen molar-refractivity contribution in [2.24, 2.45) is 0 Å². The second kappa shape index (κ2) is 7.45. The summed E-state index contributed by atoms with van der Waals surface area (Å²) in [5.41, 5.74) is 1.02. The predicted molar refractivity (Wildman–Crippen MR) is 85.1 cm³/mol. The summed E-state index contributed by atoms with van der Waals surface area (Å²) in [7, 11) is 0. The summed E-state index contributed by atoms with van der Waals surface area (Å²) >= 11 is 12.3. The molecule has 4 nitrogen and oxygen atoms in total. The molecule has 6 heteroatoms. The summed E-state index contributed by atoms with van der Waals surface area (Å²) in [6.07, 6.45) is 0.954. The van der Waals surface area contributed by atoms with E-state index in [9.17, 15) is 4.79 Å². The lowest BCUT2D eigenvalue weighted by Gasteiger charge is -2.28. The number of rotatable bonds is 4. The topological polar surface area (TPSA) is 43.8 Å². The average Bonchev–Trinajstić information content (AvgIpc) is 2.66. The van der Waals surface area contributed by atoms with E-state index in [0.717, 1.165) is 43.2 Å². The van der Waals surface area contributed by atoms with Gasteiger partial charge < -0.3 is 5.11 Å². The molecule has 1 saturated heterocycles. The van der Waals surface area contributed by atoms with Gasteiger partial charge >= 0.3 is 5.97 Å². The van der Waals surface area contributed by atoms with Gasteiger partial charge in [-0.2, -0.15) is 0 Å². The molecule has 1 fully saturated rings. The van der Waals surface area contributed by atoms with E-state index in [1.807, 2.05) is 17.0 Å². The smallest absolute Gasteiger partial charge is 0.317 e. The van der Waals surface area contributed by atoms with Gasteiger partial charge in [-0.3, -0.25) is 14.6 Å². The van der Waals surface area contributed by atoms with Crippen molar-refractivity contribution in [3.05, 3.63) is 33.8 Å². The van der Waals surface area contributed by atoms with Gasteiger partial charge in [0.25, 0.3) is 0 Å². The summed E-state index contributed by atoms with van der Waals surface area (Å²) < 4.78 is 0. The van der Waals surface area contributed by atoms with Crippen molar-refractivity contribution in [3.8, 4) is 0 Å². The number of nitrogens with zero attached hydrogens (tertiary/aromatic N) is 2. The molecule has 1 aromatic carbocycles. The molecule has 0 bridgehead atoms. The lowest BCUT2D eigenvalue weighted by Crippen LogP contribution is -2.35. The van der Waals surface area contributed by atoms with Crippen LogP contribution in [-0.4, -0.2) is 53.6 Å². The van der Waals surface area contributed by atoms with Crippen molar-refractivity contribution in [2.75, 3.05) is 32.7 Å². The highest BCUT2D eigenvalue weighted by Gasteiger charge is 2.22. The minimum absolute atomic E-state index is 0.111. The number of carbonyl (C=O) groups is 1. The highest BCUT2D eigenvalue weighted by atomic mass is 35.5. The second-order valence-electron chi connectivity index (χ2n) is 5.40. The van der Waals surface area contributed by atoms with Gasteiger partial charge in [0.05, 0.1) is 6.54 Å². The molecule has 0 saturated carbocycles. The molecule has 1 unspecified atom stereocenters. The maximum atomic E-state index is 10.8. The van der Waals surface area contributed by atoms with Gasteiger partial charge in [-0.1, -0.05) is 23.2 Å². The molecule has 1 heterocycles. The van der Waals surface area contributed by atoms with Crippen LogP contribution in [0.3, 0.4) is 0 Å². The highest BCUT2D eigenvalue weighted by molar-refractivity contribution is 6.33. The molecule has 1 aromatic rings. The van der Waals surface area contributed by atoms with Crippen LogP contribution in [0.5, 0.6) is 0 Å². The number of carboxylic acids is 1. The van der Waals surface area contributed by atoms with Crippen molar-refractivity contribution in [1.82, 2.24) is 9.80 Å². The number of carboxylic acid groups (broad SMARTS) is 1. The van der Waals surface area contributed by atoms with Crippen molar-refractivity contribution in [2.45, 2.75) is 19.4 Å². The van der Waals surface area contributed by atoms with Gasteiger partial charge in [-0.25, -0.2) is 0 Å². The molecular formula is C15H20Cl2N2O2. The Morgan fingerprint density at radius 3 is 2.76 bits per heavy atom. The molecule has 2 rings (SSSR count). The van der Waals surface area contributed by atoms with E-state index in [-0.39, 0.29) is 12.6 Å². The molecule has 0 aromatic heterocycles. The first-order chi connectivity index (χ1) is 9.97. The fraction of sp³-hybridized carbons (Fsp3) is 0.533. The normalized spacial score (nSPS) is 19.2. The lowest BCUT2D eigenvalue weighted by atomic mass is 10.1. The fourth-order valence-electron chi connectivity index (χ4n) is 2.76. The van der Waals surface area contributed by atoms with Gasteiger partial charge in [0.15, 0.2) is 0 Å². The average molecular weight is 331 g/mol. The summed E-state index contributed by atoms with van der Waals surface area (Å²) in [6, 6.07) is 5.69. The van der Waals surface area contributed by atoms with Gasteiger partial charge in [-0.15, -0.1) is 0 Å². The summed E-state index contributed by atoms with van der Waals surface area (Å²) in [5, 5.41) is 10.3. The molecule has 0 spiro atoms. The van der Waals surface area contributed by atoms with E-state index in [0.29, 0.717) is 5.02 Å². The van der Waals surface area contributed by atoms with E-state index in [1.54, 1.807) is 6.07 Å². The Hall–Kier alpha value is -0.810. The van der Waals surface area contributed by atoms with Crippen LogP contribution in [0.15, 0.2) is 18.2 Å². The largest absolute Gasteiger partial charge is 0.480 e. The minimum atomic E-state index is -0.769. The third-order valence-electron chi connectivity index (χ3n) is 3.94. The van der Waals surface area contributed by atoms with Crippen LogP contribution < -0.4 is 0 Å². The quantitative estimate of drug-likeness (QED) is 0.921. The van der Waals surface area contributed by atoms with E-state index < -0.39 is 5.97 Å². The van der Waals surface area contributed by atoms with Gasteiger partial charge in [0, 0.05) is 42.3 Å². The first-order valence-corrected chi connectivity index (χ1v) is 7.86. The Morgan fingerprint density at radius 2 is 2.05 bits per heavy atom. The highest BCUT2D eigenvalue weighted by Crippen LogP contribution is 2.30. The number of halogens is 2. The molecule has 21 heavy (non-hydrogen) atoms. The fourth-order valence-corrected chi connectivity index (χ4v) is 3.22. The summed E-state index contributed by atoms with van der Waals surface area (Å²) in [4.78, 5) is 15.1. The monoisotopic (exact) mass is 330 g/mol. The van der Waals surface area contributed by atoms with Crippen LogP contribution in [0.25, 0.3) is 0 Å². The first kappa shape index (κ1) is 16.6. The number of hydrogen-bond acceptors (Lipinski definition) is 3. The van der Waals surface area contributed by atoms with Crippen molar-refractivity contribution >= 4 is 29.2 Å². The molecule has 0 amide bonds. The third kappa shape index (κ3) is 4.58. The molecule has 1 N–H and O–H groups in total. The Kier molecular flexibility index (Phi) is 5.88. The Labute approximate surface area is 135 Å². The standard InChI is InChI=1S/C15H20Cl2N2O2/c1-11(13-9-12(16)3-4-14(13)17)19-6-2-5-18(7-8-19)10-15(20)21/h3-4,9,11H,2,5-8,10H2,1H3,(H,20,21). The molecule has 0 radical (unpaired) electrons. The van der Waals surface area contributed by atoms with E-state index >= 15 is 0 Å². The minimum Gasteiger partial charge on any atom is -0.480 e. The zero-order valence-corrected chi connectivity index (χ0v) is 13.6. The SMILES string of the molecule is CC(c1cc(Cl)ccc1Cl)N1CCCN(CC(=O)O)CC1. The van der Waals surface area contributed by atoms with Crippen LogP contribution in [0.2, 0.25) is 10.0 Å². The zero-order chi connectivity index (χ0) is 15.4. The Balaban J connectivity index is 2.04. The molecule has 1 aliphatic rings. The molecule has 1 atom stereocenters. The van der Waals surface area contributed by atoms with E-state index in [2.05, 4.69) is 11.8 Å². The molecule has 1 aliphatic heterocycles. The second-order valence-corrected chi connectivity index (χ2v) is 6.24. The first-order valence-electron chi connectivity index (χ1n) is 7.10. The van der Waals surface area contributed by atoms with Gasteiger partial charge in [-0.05, 0) is 37.1 Å². The number of hydrogen-bond donors (Lipinski definition) is 1. The third-order valence-corrected chi connectivity index (χ3v) is 4.52. The van der Waals surface area contributed by atoms with Gasteiger partial charge in [0.1, 0.15) is 0 Å². The summed E-state index contributed by atoms with van der Waals surface area (Å²) in [5.74, 6) is -0.769. The number of benzene rings is 1. The van der Waals surface area contributed by atoms with Crippen molar-refractivity contribution < 1.29 is 9.90 Å². The van der Waals surface area contributed by atoms with E-state index in [1.165, 1.54) is 0 Å². The van der Waals surface area contributed by atoms with Crippen LogP contribution in [-0.2, 0) is 4.79 Å². The number of aliphatic carboxylic acids is 1. The Morgan fingerprint density at radius 1 is 1.29 bits per heavy atom. The van der Waals surface area contributed by atoms with Crippen LogP contribution >= 0.6 is 23.2 Å². The lowest BCUT2D eigenvalue weighted by molar-refractivity contribution is -0.138. The predicted octanol–water partition coefficient (Wildman–Crippen LogP) is 3.15. The van der Waals surface area contributed by atoms with Crippen molar-refractivity contribution in [3.63, 3.8) is 0 Å². The van der Waals surface area contributed by atoms with Crippen LogP contribution in [0.4, 0.5) is 0 Å². The summed E-state index contributed by atoms with van der Waals surface area (Å²) in [6.45, 7) is 5.57. The maximum Gasteiger partial charge on any atom is 0.317 e. The van der Waals surface area contributed by atoms with Crippen LogP contribution in [0.1, 0.15) is 24.9 Å². The van der Waals surface area contributed by atoms with Crippen LogP contribution in [0, 0.1) is 0 Å². The van der Waals surface area contributed by atoms with Crippen molar-refractivity contribution in [1.29, 1.82) is 0 Å². The van der Waals surface area contributed by atoms with E-state index in [4.69, 9.17) is 28.3 Å². The maximum absolute atomic E-state index is 10.8. The molecule has 0 aliphatic carbocycles. The molecule has 116 valence electrons. The zero-order valence-electron chi connectivity index (χ0n) is 12.1. The Bertz CT molecular complexity index is 510. The van der Waals surface area contributed by atoms with Gasteiger partial charge in [0.2, 0.25) is 0 Å².